The Labute approximate surface area is 191 Å². The molecule has 1 fully saturated rings. The highest BCUT2D eigenvalue weighted by atomic mass is 32.2. The van der Waals surface area contributed by atoms with Crippen molar-refractivity contribution in [2.45, 2.75) is 30.6 Å². The van der Waals surface area contributed by atoms with Crippen molar-refractivity contribution in [3.8, 4) is 5.75 Å². The molecule has 2 aromatic carbocycles. The van der Waals surface area contributed by atoms with E-state index in [9.17, 15) is 13.2 Å². The molecule has 1 aliphatic heterocycles. The lowest BCUT2D eigenvalue weighted by Gasteiger charge is -2.30. The van der Waals surface area contributed by atoms with Gasteiger partial charge < -0.3 is 10.1 Å². The van der Waals surface area contributed by atoms with Gasteiger partial charge in [0.05, 0.1) is 12.0 Å². The van der Waals surface area contributed by atoms with E-state index in [0.29, 0.717) is 34.4 Å². The third-order valence-electron chi connectivity index (χ3n) is 5.37. The zero-order chi connectivity index (χ0) is 22.7. The van der Waals surface area contributed by atoms with Crippen LogP contribution in [0.25, 0.3) is 0 Å². The maximum absolute atomic E-state index is 13.1. The Morgan fingerprint density at radius 1 is 1.12 bits per heavy atom. The molecule has 1 aromatic heterocycles. The van der Waals surface area contributed by atoms with Gasteiger partial charge >= 0.3 is 0 Å². The van der Waals surface area contributed by atoms with Crippen molar-refractivity contribution < 1.29 is 17.9 Å². The lowest BCUT2D eigenvalue weighted by molar-refractivity contribution is 0.102. The quantitative estimate of drug-likeness (QED) is 0.587. The monoisotopic (exact) mass is 472 g/mol. The smallest absolute Gasteiger partial charge is 0.286 e. The van der Waals surface area contributed by atoms with Crippen molar-refractivity contribution in [3.05, 3.63) is 64.1 Å². The van der Waals surface area contributed by atoms with E-state index in [1.807, 2.05) is 6.92 Å². The van der Waals surface area contributed by atoms with Crippen molar-refractivity contribution in [2.24, 2.45) is 0 Å². The molecule has 1 unspecified atom stereocenters. The molecule has 1 atom stereocenters. The number of methoxy groups -OCH3 is 1. The first-order valence-corrected chi connectivity index (χ1v) is 12.5. The number of aromatic nitrogens is 2. The molecule has 0 spiro atoms. The molecular formula is C22H24N4O4S2. The highest BCUT2D eigenvalue weighted by Crippen LogP contribution is 2.32. The Bertz CT molecular complexity index is 1190. The molecule has 0 aliphatic carbocycles. The number of carbonyl (C=O) groups is 1. The summed E-state index contributed by atoms with van der Waals surface area (Å²) in [6.45, 7) is 2.71. The fraction of sp³-hybridized carbons (Fsp3) is 0.318. The van der Waals surface area contributed by atoms with Gasteiger partial charge in [0, 0.05) is 24.7 Å². The van der Waals surface area contributed by atoms with Gasteiger partial charge in [0.2, 0.25) is 15.0 Å². The van der Waals surface area contributed by atoms with E-state index in [1.165, 1.54) is 15.6 Å². The second-order valence-corrected chi connectivity index (χ2v) is 10.6. The molecule has 168 valence electrons. The number of amides is 1. The van der Waals surface area contributed by atoms with E-state index in [1.54, 1.807) is 55.6 Å². The van der Waals surface area contributed by atoms with Crippen LogP contribution < -0.4 is 10.1 Å². The Balaban J connectivity index is 1.45. The lowest BCUT2D eigenvalue weighted by atomic mass is 10.0. The fourth-order valence-electron chi connectivity index (χ4n) is 3.57. The number of sulfonamides is 1. The van der Waals surface area contributed by atoms with Gasteiger partial charge in [-0.15, -0.1) is 10.2 Å². The number of hydrogen-bond acceptors (Lipinski definition) is 7. The predicted octanol–water partition coefficient (Wildman–Crippen LogP) is 3.68. The second kappa shape index (κ2) is 9.35. The molecule has 3 aromatic rings. The Hall–Kier alpha value is -2.82. The topological polar surface area (TPSA) is 101 Å². The molecule has 0 saturated carbocycles. The minimum absolute atomic E-state index is 0.0935. The number of nitrogens with zero attached hydrogens (tertiary/aromatic N) is 3. The summed E-state index contributed by atoms with van der Waals surface area (Å²) in [5.41, 5.74) is 1.63. The average molecular weight is 473 g/mol. The van der Waals surface area contributed by atoms with Crippen LogP contribution in [0.5, 0.6) is 5.75 Å². The van der Waals surface area contributed by atoms with E-state index in [0.717, 1.165) is 18.4 Å². The molecule has 1 aliphatic rings. The molecule has 0 bridgehead atoms. The van der Waals surface area contributed by atoms with Gasteiger partial charge in [-0.3, -0.25) is 4.79 Å². The van der Waals surface area contributed by atoms with Crippen molar-refractivity contribution in [2.75, 3.05) is 25.5 Å². The molecule has 1 saturated heterocycles. The molecule has 2 heterocycles. The van der Waals surface area contributed by atoms with E-state index in [4.69, 9.17) is 4.74 Å². The number of carbonyl (C=O) groups excluding carboxylic acids is 1. The Kier molecular flexibility index (Phi) is 6.54. The summed E-state index contributed by atoms with van der Waals surface area (Å²) in [4.78, 5) is 12.9. The van der Waals surface area contributed by atoms with Crippen LogP contribution in [-0.2, 0) is 10.0 Å². The minimum atomic E-state index is -3.58. The van der Waals surface area contributed by atoms with Gasteiger partial charge in [0.1, 0.15) is 10.8 Å². The van der Waals surface area contributed by atoms with Gasteiger partial charge in [-0.2, -0.15) is 4.31 Å². The first kappa shape index (κ1) is 22.4. The third kappa shape index (κ3) is 4.82. The van der Waals surface area contributed by atoms with E-state index >= 15 is 0 Å². The van der Waals surface area contributed by atoms with E-state index in [-0.39, 0.29) is 16.8 Å². The largest absolute Gasteiger partial charge is 0.497 e. The van der Waals surface area contributed by atoms with Gasteiger partial charge in [0.25, 0.3) is 5.91 Å². The maximum Gasteiger partial charge on any atom is 0.286 e. The van der Waals surface area contributed by atoms with Gasteiger partial charge in [-0.05, 0) is 56.2 Å². The molecule has 4 rings (SSSR count). The Morgan fingerprint density at radius 2 is 1.84 bits per heavy atom. The summed E-state index contributed by atoms with van der Waals surface area (Å²) in [5, 5.41) is 11.9. The van der Waals surface area contributed by atoms with Crippen molar-refractivity contribution in [3.63, 3.8) is 0 Å². The highest BCUT2D eigenvalue weighted by Gasteiger charge is 2.32. The third-order valence-corrected chi connectivity index (χ3v) is 8.34. The molecular weight excluding hydrogens is 448 g/mol. The first-order chi connectivity index (χ1) is 15.4. The van der Waals surface area contributed by atoms with Crippen LogP contribution in [0.2, 0.25) is 0 Å². The van der Waals surface area contributed by atoms with E-state index in [2.05, 4.69) is 15.5 Å². The number of hydrogen-bond donors (Lipinski definition) is 1. The number of nitrogens with one attached hydrogen (secondary N) is 1. The van der Waals surface area contributed by atoms with Gasteiger partial charge in [-0.25, -0.2) is 8.42 Å². The number of rotatable bonds is 6. The summed E-state index contributed by atoms with van der Waals surface area (Å²) in [6, 6.07) is 13.9. The van der Waals surface area contributed by atoms with Crippen LogP contribution in [0.1, 0.15) is 39.1 Å². The summed E-state index contributed by atoms with van der Waals surface area (Å²) in [7, 11) is -2.00. The molecule has 10 heteroatoms. The number of ether oxygens (including phenoxy) is 1. The minimum Gasteiger partial charge on any atom is -0.497 e. The number of benzene rings is 2. The summed E-state index contributed by atoms with van der Waals surface area (Å²) in [5.74, 6) is 0.256. The van der Waals surface area contributed by atoms with Gasteiger partial charge in [-0.1, -0.05) is 29.0 Å². The van der Waals surface area contributed by atoms with Crippen LogP contribution in [0.3, 0.4) is 0 Å². The number of anilines is 1. The van der Waals surface area contributed by atoms with Crippen LogP contribution in [-0.4, -0.2) is 49.0 Å². The van der Waals surface area contributed by atoms with Crippen LogP contribution in [0.15, 0.2) is 53.4 Å². The standard InChI is InChI=1S/C22H24N4O4S2/c1-15-5-11-19(12-6-15)32(28,29)26-13-3-4-16(14-26)21-24-25-22(31-21)20(27)23-17-7-9-18(30-2)10-8-17/h5-12,16H,3-4,13-14H2,1-2H3,(H,23,27). The maximum atomic E-state index is 13.1. The Morgan fingerprint density at radius 3 is 2.53 bits per heavy atom. The molecule has 8 nitrogen and oxygen atoms in total. The van der Waals surface area contributed by atoms with Crippen LogP contribution in [0.4, 0.5) is 5.69 Å². The zero-order valence-corrected chi connectivity index (χ0v) is 19.4. The van der Waals surface area contributed by atoms with Crippen molar-refractivity contribution in [1.82, 2.24) is 14.5 Å². The lowest BCUT2D eigenvalue weighted by Crippen LogP contribution is -2.39. The van der Waals surface area contributed by atoms with E-state index < -0.39 is 10.0 Å². The van der Waals surface area contributed by atoms with Crippen LogP contribution in [0, 0.1) is 6.92 Å². The highest BCUT2D eigenvalue weighted by molar-refractivity contribution is 7.89. The second-order valence-electron chi connectivity index (χ2n) is 7.64. The molecule has 1 N–H and O–H groups in total. The molecule has 1 amide bonds. The molecule has 0 radical (unpaired) electrons. The number of aryl methyl sites for hydroxylation is 1. The number of piperidine rings is 1. The summed E-state index contributed by atoms with van der Waals surface area (Å²) in [6.07, 6.45) is 1.53. The summed E-state index contributed by atoms with van der Waals surface area (Å²) >= 11 is 1.20. The van der Waals surface area contributed by atoms with Gasteiger partial charge in [0.15, 0.2) is 0 Å². The SMILES string of the molecule is COc1ccc(NC(=O)c2nnc(C3CCCN(S(=O)(=O)c4ccc(C)cc4)C3)s2)cc1. The zero-order valence-electron chi connectivity index (χ0n) is 17.8. The molecule has 32 heavy (non-hydrogen) atoms. The normalized spacial score (nSPS) is 17.1. The van der Waals surface area contributed by atoms with Crippen molar-refractivity contribution in [1.29, 1.82) is 0 Å². The average Bonchev–Trinajstić information content (AvgIpc) is 3.31. The summed E-state index contributed by atoms with van der Waals surface area (Å²) < 4.78 is 32.7. The van der Waals surface area contributed by atoms with Crippen LogP contribution >= 0.6 is 11.3 Å². The fourth-order valence-corrected chi connectivity index (χ4v) is 5.96. The predicted molar refractivity (Wildman–Crippen MR) is 123 cm³/mol. The van der Waals surface area contributed by atoms with Crippen molar-refractivity contribution >= 4 is 33.0 Å². The first-order valence-electron chi connectivity index (χ1n) is 10.2.